The van der Waals surface area contributed by atoms with Crippen LogP contribution in [-0.2, 0) is 0 Å². The number of piperidine rings is 1. The van der Waals surface area contributed by atoms with E-state index in [0.717, 1.165) is 71.5 Å². The number of hydrogen-bond donors (Lipinski definition) is 3. The molecule has 1 aliphatic heterocycles. The largest absolute Gasteiger partial charge is 0.437 e. The van der Waals surface area contributed by atoms with Gasteiger partial charge in [0, 0.05) is 48.0 Å². The highest BCUT2D eigenvalue weighted by molar-refractivity contribution is 5.98. The van der Waals surface area contributed by atoms with Crippen LogP contribution in [0.3, 0.4) is 0 Å². The highest BCUT2D eigenvalue weighted by Gasteiger charge is 2.17. The number of ether oxygens (including phenoxy) is 1. The van der Waals surface area contributed by atoms with Crippen LogP contribution in [0.2, 0.25) is 0 Å². The summed E-state index contributed by atoms with van der Waals surface area (Å²) in [4.78, 5) is 13.8. The van der Waals surface area contributed by atoms with Crippen LogP contribution in [0.4, 0.5) is 11.6 Å². The van der Waals surface area contributed by atoms with Crippen molar-refractivity contribution in [2.45, 2.75) is 32.7 Å². The Bertz CT molecular complexity index is 1290. The van der Waals surface area contributed by atoms with Gasteiger partial charge in [0.2, 0.25) is 11.8 Å². The van der Waals surface area contributed by atoms with Crippen LogP contribution in [0.5, 0.6) is 11.6 Å². The molecular formula is C27H30N6O. The monoisotopic (exact) mass is 454 g/mol. The molecular weight excluding hydrogens is 424 g/mol. The Morgan fingerprint density at radius 1 is 1.03 bits per heavy atom. The summed E-state index contributed by atoms with van der Waals surface area (Å²) in [6.45, 7) is 7.00. The van der Waals surface area contributed by atoms with Crippen LogP contribution in [0, 0.1) is 6.92 Å². The van der Waals surface area contributed by atoms with Crippen LogP contribution < -0.4 is 20.7 Å². The molecule has 0 bridgehead atoms. The SMILES string of the molecule is CCNc1cccc2c(Oc3ncccc3-c3ccnc(N[C@H]4CCCNC4)n3)c(C)ccc12. The molecule has 0 unspecified atom stereocenters. The Balaban J connectivity index is 1.49. The summed E-state index contributed by atoms with van der Waals surface area (Å²) in [6, 6.07) is 16.6. The van der Waals surface area contributed by atoms with Crippen molar-refractivity contribution in [2.75, 3.05) is 30.3 Å². The van der Waals surface area contributed by atoms with Crippen molar-refractivity contribution in [1.29, 1.82) is 0 Å². The van der Waals surface area contributed by atoms with Crippen molar-refractivity contribution < 1.29 is 4.74 Å². The molecule has 0 radical (unpaired) electrons. The number of benzene rings is 2. The summed E-state index contributed by atoms with van der Waals surface area (Å²) in [5, 5.41) is 12.5. The summed E-state index contributed by atoms with van der Waals surface area (Å²) in [6.07, 6.45) is 5.79. The number of aromatic nitrogens is 3. The second-order valence-electron chi connectivity index (χ2n) is 8.55. The van der Waals surface area contributed by atoms with E-state index < -0.39 is 0 Å². The van der Waals surface area contributed by atoms with Crippen LogP contribution in [0.25, 0.3) is 22.0 Å². The molecule has 2 aromatic carbocycles. The summed E-state index contributed by atoms with van der Waals surface area (Å²) < 4.78 is 6.50. The van der Waals surface area contributed by atoms with Gasteiger partial charge in [-0.15, -0.1) is 0 Å². The minimum atomic E-state index is 0.331. The fourth-order valence-corrected chi connectivity index (χ4v) is 4.42. The van der Waals surface area contributed by atoms with Crippen molar-refractivity contribution >= 4 is 22.4 Å². The highest BCUT2D eigenvalue weighted by Crippen LogP contribution is 2.38. The predicted octanol–water partition coefficient (Wildman–Crippen LogP) is 5.39. The lowest BCUT2D eigenvalue weighted by atomic mass is 10.0. The first-order chi connectivity index (χ1) is 16.7. The lowest BCUT2D eigenvalue weighted by molar-refractivity contribution is 0.466. The van der Waals surface area contributed by atoms with Gasteiger partial charge in [-0.2, -0.15) is 0 Å². The van der Waals surface area contributed by atoms with E-state index in [9.17, 15) is 0 Å². The molecule has 3 heterocycles. The van der Waals surface area contributed by atoms with E-state index in [-0.39, 0.29) is 0 Å². The molecule has 0 amide bonds. The van der Waals surface area contributed by atoms with E-state index >= 15 is 0 Å². The Kier molecular flexibility index (Phi) is 6.53. The van der Waals surface area contributed by atoms with Gasteiger partial charge >= 0.3 is 0 Å². The lowest BCUT2D eigenvalue weighted by Gasteiger charge is -2.23. The Morgan fingerprint density at radius 2 is 1.97 bits per heavy atom. The summed E-state index contributed by atoms with van der Waals surface area (Å²) in [5.74, 6) is 1.95. The van der Waals surface area contributed by atoms with E-state index in [1.54, 1.807) is 12.4 Å². The van der Waals surface area contributed by atoms with E-state index in [1.165, 1.54) is 0 Å². The van der Waals surface area contributed by atoms with Gasteiger partial charge in [0.1, 0.15) is 5.75 Å². The highest BCUT2D eigenvalue weighted by atomic mass is 16.5. The third kappa shape index (κ3) is 4.65. The van der Waals surface area contributed by atoms with Crippen molar-refractivity contribution in [3.8, 4) is 22.9 Å². The average Bonchev–Trinajstić information content (AvgIpc) is 2.87. The third-order valence-electron chi connectivity index (χ3n) is 6.11. The van der Waals surface area contributed by atoms with Crippen LogP contribution in [0.15, 0.2) is 60.9 Å². The van der Waals surface area contributed by atoms with E-state index in [2.05, 4.69) is 70.1 Å². The maximum atomic E-state index is 6.50. The first-order valence-corrected chi connectivity index (χ1v) is 11.9. The van der Waals surface area contributed by atoms with Gasteiger partial charge in [-0.05, 0) is 63.1 Å². The number of anilines is 2. The van der Waals surface area contributed by atoms with Gasteiger partial charge in [0.25, 0.3) is 0 Å². The van der Waals surface area contributed by atoms with Gasteiger partial charge < -0.3 is 20.7 Å². The van der Waals surface area contributed by atoms with Crippen molar-refractivity contribution in [2.24, 2.45) is 0 Å². The maximum absolute atomic E-state index is 6.50. The summed E-state index contributed by atoms with van der Waals surface area (Å²) >= 11 is 0. The average molecular weight is 455 g/mol. The number of fused-ring (bicyclic) bond motifs is 1. The number of aryl methyl sites for hydroxylation is 1. The van der Waals surface area contributed by atoms with Crippen LogP contribution in [-0.4, -0.2) is 40.6 Å². The zero-order chi connectivity index (χ0) is 23.3. The molecule has 0 aliphatic carbocycles. The number of rotatable bonds is 7. The van der Waals surface area contributed by atoms with E-state index in [4.69, 9.17) is 9.72 Å². The first kappa shape index (κ1) is 22.1. The zero-order valence-corrected chi connectivity index (χ0v) is 19.6. The molecule has 7 nitrogen and oxygen atoms in total. The van der Waals surface area contributed by atoms with Crippen LogP contribution in [0.1, 0.15) is 25.3 Å². The standard InChI is InChI=1S/C27H30N6O/c1-3-29-23-10-4-8-21-20(23)12-11-18(2)25(21)34-26-22(9-6-15-30-26)24-13-16-31-27(33-24)32-19-7-5-14-28-17-19/h4,6,8-13,15-16,19,28-29H,3,5,7,14,17H2,1-2H3,(H,31,32,33)/t19-/m0/s1. The molecule has 3 N–H and O–H groups in total. The molecule has 5 rings (SSSR count). The third-order valence-corrected chi connectivity index (χ3v) is 6.11. The molecule has 4 aromatic rings. The molecule has 1 atom stereocenters. The quantitative estimate of drug-likeness (QED) is 0.345. The van der Waals surface area contributed by atoms with Gasteiger partial charge in [-0.25, -0.2) is 15.0 Å². The normalized spacial score (nSPS) is 15.8. The number of pyridine rings is 1. The lowest BCUT2D eigenvalue weighted by Crippen LogP contribution is -2.38. The minimum absolute atomic E-state index is 0.331. The van der Waals surface area contributed by atoms with E-state index in [0.29, 0.717) is 17.9 Å². The molecule has 0 spiro atoms. The molecule has 1 fully saturated rings. The van der Waals surface area contributed by atoms with Gasteiger partial charge in [-0.1, -0.05) is 24.3 Å². The second kappa shape index (κ2) is 10.1. The van der Waals surface area contributed by atoms with Crippen molar-refractivity contribution in [3.05, 3.63) is 66.5 Å². The van der Waals surface area contributed by atoms with Crippen molar-refractivity contribution in [3.63, 3.8) is 0 Å². The van der Waals surface area contributed by atoms with Crippen LogP contribution >= 0.6 is 0 Å². The minimum Gasteiger partial charge on any atom is -0.437 e. The maximum Gasteiger partial charge on any atom is 0.228 e. The molecule has 0 saturated carbocycles. The van der Waals surface area contributed by atoms with Crippen molar-refractivity contribution in [1.82, 2.24) is 20.3 Å². The smallest absolute Gasteiger partial charge is 0.228 e. The summed E-state index contributed by atoms with van der Waals surface area (Å²) in [7, 11) is 0. The molecule has 174 valence electrons. The van der Waals surface area contributed by atoms with Gasteiger partial charge in [0.15, 0.2) is 0 Å². The topological polar surface area (TPSA) is 84.0 Å². The number of nitrogens with zero attached hydrogens (tertiary/aromatic N) is 3. The molecule has 1 saturated heterocycles. The fourth-order valence-electron chi connectivity index (χ4n) is 4.42. The molecule has 7 heteroatoms. The van der Waals surface area contributed by atoms with Gasteiger partial charge in [0.05, 0.1) is 11.3 Å². The number of nitrogens with one attached hydrogen (secondary N) is 3. The second-order valence-corrected chi connectivity index (χ2v) is 8.55. The Labute approximate surface area is 200 Å². The predicted molar refractivity (Wildman–Crippen MR) is 138 cm³/mol. The van der Waals surface area contributed by atoms with Gasteiger partial charge in [-0.3, -0.25) is 0 Å². The fraction of sp³-hybridized carbons (Fsp3) is 0.296. The Morgan fingerprint density at radius 3 is 2.82 bits per heavy atom. The molecule has 34 heavy (non-hydrogen) atoms. The van der Waals surface area contributed by atoms with E-state index in [1.807, 2.05) is 18.2 Å². The molecule has 2 aromatic heterocycles. The zero-order valence-electron chi connectivity index (χ0n) is 19.6. The number of hydrogen-bond acceptors (Lipinski definition) is 7. The molecule has 1 aliphatic rings. The first-order valence-electron chi connectivity index (χ1n) is 11.9. The summed E-state index contributed by atoms with van der Waals surface area (Å²) in [5.41, 5.74) is 3.74. The Hall–Kier alpha value is -3.71.